The summed E-state index contributed by atoms with van der Waals surface area (Å²) in [5, 5.41) is 18.8. The third-order valence-electron chi connectivity index (χ3n) is 6.22. The number of hydrogen-bond donors (Lipinski definition) is 2. The summed E-state index contributed by atoms with van der Waals surface area (Å²) in [5.41, 5.74) is -0.627. The van der Waals surface area contributed by atoms with Crippen LogP contribution in [0.15, 0.2) is 0 Å². The van der Waals surface area contributed by atoms with E-state index in [1.54, 1.807) is 6.92 Å². The van der Waals surface area contributed by atoms with Gasteiger partial charge < -0.3 is 10.2 Å². The Morgan fingerprint density at radius 3 is 1.89 bits per heavy atom. The minimum atomic E-state index is -0.726. The molecule has 0 amide bonds. The molecular formula is C24H46O4. The van der Waals surface area contributed by atoms with Gasteiger partial charge in [0.05, 0.1) is 11.3 Å². The molecule has 0 fully saturated rings. The van der Waals surface area contributed by atoms with Gasteiger partial charge in [-0.25, -0.2) is 0 Å². The van der Waals surface area contributed by atoms with Crippen molar-refractivity contribution in [2.75, 3.05) is 0 Å². The molecule has 0 heterocycles. The molecule has 28 heavy (non-hydrogen) atoms. The third kappa shape index (κ3) is 12.4. The topological polar surface area (TPSA) is 74.6 Å². The normalized spacial score (nSPS) is 15.7. The van der Waals surface area contributed by atoms with Gasteiger partial charge in [-0.15, -0.1) is 0 Å². The Bertz CT molecular complexity index is 421. The lowest BCUT2D eigenvalue weighted by Gasteiger charge is -2.30. The molecule has 0 aromatic rings. The van der Waals surface area contributed by atoms with Gasteiger partial charge in [-0.3, -0.25) is 9.59 Å². The van der Waals surface area contributed by atoms with Crippen molar-refractivity contribution in [1.82, 2.24) is 0 Å². The van der Waals surface area contributed by atoms with Crippen molar-refractivity contribution in [2.45, 2.75) is 124 Å². The maximum absolute atomic E-state index is 12.0. The maximum atomic E-state index is 12.0. The summed E-state index contributed by atoms with van der Waals surface area (Å²) in [7, 11) is 0. The van der Waals surface area contributed by atoms with Gasteiger partial charge >= 0.3 is 11.9 Å². The van der Waals surface area contributed by atoms with Gasteiger partial charge in [-0.1, -0.05) is 97.8 Å². The Morgan fingerprint density at radius 1 is 0.786 bits per heavy atom. The van der Waals surface area contributed by atoms with Crippen molar-refractivity contribution in [2.24, 2.45) is 17.3 Å². The molecule has 3 atom stereocenters. The highest BCUT2D eigenvalue weighted by molar-refractivity contribution is 5.74. The number of carbonyl (C=O) groups is 2. The lowest BCUT2D eigenvalue weighted by molar-refractivity contribution is -0.149. The molecule has 0 aliphatic carbocycles. The second-order valence-corrected chi connectivity index (χ2v) is 9.12. The van der Waals surface area contributed by atoms with Crippen LogP contribution < -0.4 is 0 Å². The Labute approximate surface area is 173 Å². The van der Waals surface area contributed by atoms with E-state index in [1.807, 2.05) is 6.92 Å². The Morgan fingerprint density at radius 2 is 1.32 bits per heavy atom. The number of aliphatic carboxylic acids is 2. The molecule has 0 aliphatic heterocycles. The van der Waals surface area contributed by atoms with Crippen molar-refractivity contribution < 1.29 is 19.8 Å². The van der Waals surface area contributed by atoms with E-state index in [1.165, 1.54) is 38.5 Å². The van der Waals surface area contributed by atoms with E-state index in [2.05, 4.69) is 13.8 Å². The summed E-state index contributed by atoms with van der Waals surface area (Å²) >= 11 is 0. The van der Waals surface area contributed by atoms with Crippen molar-refractivity contribution >= 4 is 11.9 Å². The minimum Gasteiger partial charge on any atom is -0.481 e. The first-order valence-electron chi connectivity index (χ1n) is 11.7. The largest absolute Gasteiger partial charge is 0.481 e. The second kappa shape index (κ2) is 15.8. The monoisotopic (exact) mass is 398 g/mol. The van der Waals surface area contributed by atoms with Crippen LogP contribution in [0.5, 0.6) is 0 Å². The Kier molecular flexibility index (Phi) is 15.2. The molecular weight excluding hydrogens is 352 g/mol. The number of carboxylic acid groups (broad SMARTS) is 2. The standard InChI is InChI=1S/C24H46O4/c1-5-7-9-13-17-21(16-8-6-2)19-24(4,23(27)28)18-14-11-10-12-15-20(3)22(25)26/h20-21H,5-19H2,1-4H3,(H,25,26)(H,27,28). The molecule has 0 spiro atoms. The summed E-state index contributed by atoms with van der Waals surface area (Å²) < 4.78 is 0. The molecule has 0 saturated carbocycles. The second-order valence-electron chi connectivity index (χ2n) is 9.12. The third-order valence-corrected chi connectivity index (χ3v) is 6.22. The molecule has 3 unspecified atom stereocenters. The zero-order chi connectivity index (χ0) is 21.4. The summed E-state index contributed by atoms with van der Waals surface area (Å²) in [6.07, 6.45) is 15.7. The van der Waals surface area contributed by atoms with Gasteiger partial charge in [0.15, 0.2) is 0 Å². The molecule has 4 nitrogen and oxygen atoms in total. The lowest BCUT2D eigenvalue weighted by Crippen LogP contribution is -2.30. The molecule has 0 aromatic heterocycles. The first-order valence-corrected chi connectivity index (χ1v) is 11.7. The predicted octanol–water partition coefficient (Wildman–Crippen LogP) is 7.31. The fourth-order valence-corrected chi connectivity index (χ4v) is 4.08. The Hall–Kier alpha value is -1.06. The highest BCUT2D eigenvalue weighted by Gasteiger charge is 2.34. The summed E-state index contributed by atoms with van der Waals surface area (Å²) in [6.45, 7) is 8.11. The molecule has 0 aromatic carbocycles. The number of rotatable bonds is 19. The van der Waals surface area contributed by atoms with Crippen LogP contribution in [0.2, 0.25) is 0 Å². The van der Waals surface area contributed by atoms with Crippen LogP contribution in [-0.2, 0) is 9.59 Å². The zero-order valence-electron chi connectivity index (χ0n) is 19.0. The zero-order valence-corrected chi connectivity index (χ0v) is 19.0. The van der Waals surface area contributed by atoms with E-state index < -0.39 is 17.4 Å². The highest BCUT2D eigenvalue weighted by atomic mass is 16.4. The fraction of sp³-hybridized carbons (Fsp3) is 0.917. The van der Waals surface area contributed by atoms with Crippen LogP contribution in [0.3, 0.4) is 0 Å². The van der Waals surface area contributed by atoms with Gasteiger partial charge in [0.25, 0.3) is 0 Å². The van der Waals surface area contributed by atoms with E-state index in [-0.39, 0.29) is 5.92 Å². The first kappa shape index (κ1) is 26.9. The molecule has 0 aliphatic rings. The van der Waals surface area contributed by atoms with Crippen molar-refractivity contribution in [3.05, 3.63) is 0 Å². The molecule has 0 saturated heterocycles. The van der Waals surface area contributed by atoms with E-state index >= 15 is 0 Å². The first-order chi connectivity index (χ1) is 13.3. The number of unbranched alkanes of at least 4 members (excludes halogenated alkanes) is 7. The fourth-order valence-electron chi connectivity index (χ4n) is 4.08. The summed E-state index contributed by atoms with van der Waals surface area (Å²) in [6, 6.07) is 0. The van der Waals surface area contributed by atoms with Gasteiger partial charge in [-0.2, -0.15) is 0 Å². The summed E-state index contributed by atoms with van der Waals surface area (Å²) in [4.78, 5) is 22.9. The van der Waals surface area contributed by atoms with Crippen LogP contribution in [0, 0.1) is 17.3 Å². The van der Waals surface area contributed by atoms with Gasteiger partial charge in [0.2, 0.25) is 0 Å². The van der Waals surface area contributed by atoms with E-state index in [0.29, 0.717) is 12.3 Å². The van der Waals surface area contributed by atoms with Crippen molar-refractivity contribution in [3.8, 4) is 0 Å². The Balaban J connectivity index is 4.45. The molecule has 166 valence electrons. The molecule has 2 N–H and O–H groups in total. The van der Waals surface area contributed by atoms with Gasteiger partial charge in [0.1, 0.15) is 0 Å². The average Bonchev–Trinajstić information content (AvgIpc) is 2.65. The smallest absolute Gasteiger partial charge is 0.309 e. The molecule has 0 radical (unpaired) electrons. The SMILES string of the molecule is CCCCCCC(CCCC)CC(C)(CCCCCCC(C)C(=O)O)C(=O)O. The lowest BCUT2D eigenvalue weighted by atomic mass is 9.74. The van der Waals surface area contributed by atoms with Crippen molar-refractivity contribution in [1.29, 1.82) is 0 Å². The van der Waals surface area contributed by atoms with Crippen LogP contribution in [0.25, 0.3) is 0 Å². The van der Waals surface area contributed by atoms with E-state index in [0.717, 1.165) is 51.4 Å². The highest BCUT2D eigenvalue weighted by Crippen LogP contribution is 2.36. The molecule has 0 rings (SSSR count). The number of carboxylic acids is 2. The molecule has 0 bridgehead atoms. The average molecular weight is 399 g/mol. The van der Waals surface area contributed by atoms with Crippen LogP contribution in [-0.4, -0.2) is 22.2 Å². The van der Waals surface area contributed by atoms with Gasteiger partial charge in [0, 0.05) is 0 Å². The maximum Gasteiger partial charge on any atom is 0.309 e. The minimum absolute atomic E-state index is 0.281. The van der Waals surface area contributed by atoms with Crippen LogP contribution >= 0.6 is 0 Å². The van der Waals surface area contributed by atoms with Crippen molar-refractivity contribution in [3.63, 3.8) is 0 Å². The number of hydrogen-bond acceptors (Lipinski definition) is 2. The quantitative estimate of drug-likeness (QED) is 0.224. The predicted molar refractivity (Wildman–Crippen MR) is 117 cm³/mol. The molecule has 4 heteroatoms. The van der Waals surface area contributed by atoms with Crippen LogP contribution in [0.1, 0.15) is 124 Å². The van der Waals surface area contributed by atoms with Crippen LogP contribution in [0.4, 0.5) is 0 Å². The summed E-state index contributed by atoms with van der Waals surface area (Å²) in [5.74, 6) is -1.14. The van der Waals surface area contributed by atoms with Gasteiger partial charge in [-0.05, 0) is 32.1 Å². The van der Waals surface area contributed by atoms with E-state index in [4.69, 9.17) is 5.11 Å². The van der Waals surface area contributed by atoms with E-state index in [9.17, 15) is 14.7 Å².